The summed E-state index contributed by atoms with van der Waals surface area (Å²) in [5.74, 6) is 3.05. The number of hydrogen-bond acceptors (Lipinski definition) is 6. The van der Waals surface area contributed by atoms with E-state index >= 15 is 0 Å². The molecule has 1 N–H and O–H groups in total. The largest absolute Gasteiger partial charge is 0.493 e. The van der Waals surface area contributed by atoms with Gasteiger partial charge in [0.05, 0.1) is 21.3 Å². The van der Waals surface area contributed by atoms with Crippen molar-refractivity contribution in [3.63, 3.8) is 0 Å². The van der Waals surface area contributed by atoms with Gasteiger partial charge in [0, 0.05) is 58.9 Å². The van der Waals surface area contributed by atoms with Crippen LogP contribution in [0.3, 0.4) is 0 Å². The van der Waals surface area contributed by atoms with Crippen molar-refractivity contribution in [1.82, 2.24) is 20.0 Å². The van der Waals surface area contributed by atoms with Crippen molar-refractivity contribution in [3.8, 4) is 17.2 Å². The molecule has 8 nitrogen and oxygen atoms in total. The molecule has 0 spiro atoms. The third-order valence-corrected chi connectivity index (χ3v) is 6.71. The second-order valence-electron chi connectivity index (χ2n) is 8.69. The highest BCUT2D eigenvalue weighted by molar-refractivity contribution is 14.0. The summed E-state index contributed by atoms with van der Waals surface area (Å²) in [6.45, 7) is 6.74. The second kappa shape index (κ2) is 14.1. The summed E-state index contributed by atoms with van der Waals surface area (Å²) in [7, 11) is 9.08. The van der Waals surface area contributed by atoms with E-state index in [1.807, 2.05) is 19.2 Å². The number of nitrogens with zero attached hydrogens (tertiary/aromatic N) is 4. The molecule has 3 rings (SSSR count). The molecule has 1 aliphatic heterocycles. The van der Waals surface area contributed by atoms with Crippen molar-refractivity contribution < 1.29 is 14.2 Å². The summed E-state index contributed by atoms with van der Waals surface area (Å²) in [6, 6.07) is 4.84. The molecule has 33 heavy (non-hydrogen) atoms. The minimum Gasteiger partial charge on any atom is -0.493 e. The molecule has 9 heteroatoms. The first-order valence-electron chi connectivity index (χ1n) is 11.8. The molecule has 0 radical (unpaired) electrons. The molecular weight excluding hydrogens is 533 g/mol. The molecule has 0 bridgehead atoms. The number of nitrogens with one attached hydrogen (secondary N) is 1. The fourth-order valence-corrected chi connectivity index (χ4v) is 4.81. The minimum atomic E-state index is 0. The van der Waals surface area contributed by atoms with Gasteiger partial charge >= 0.3 is 0 Å². The van der Waals surface area contributed by atoms with E-state index in [1.165, 1.54) is 25.7 Å². The quantitative estimate of drug-likeness (QED) is 0.276. The van der Waals surface area contributed by atoms with Crippen LogP contribution in [0.15, 0.2) is 17.1 Å². The molecule has 1 saturated heterocycles. The van der Waals surface area contributed by atoms with Gasteiger partial charge in [-0.15, -0.1) is 24.0 Å². The summed E-state index contributed by atoms with van der Waals surface area (Å²) < 4.78 is 16.4. The molecule has 2 aliphatic rings. The van der Waals surface area contributed by atoms with Crippen LogP contribution in [0.1, 0.15) is 31.2 Å². The van der Waals surface area contributed by atoms with Gasteiger partial charge in [-0.25, -0.2) is 0 Å². The first-order valence-corrected chi connectivity index (χ1v) is 11.8. The normalized spacial score (nSPS) is 17.8. The van der Waals surface area contributed by atoms with Crippen LogP contribution in [0, 0.1) is 0 Å². The molecule has 0 amide bonds. The van der Waals surface area contributed by atoms with E-state index in [1.54, 1.807) is 21.3 Å². The lowest BCUT2D eigenvalue weighted by Gasteiger charge is -2.37. The average molecular weight is 576 g/mol. The van der Waals surface area contributed by atoms with Crippen molar-refractivity contribution in [2.45, 2.75) is 38.3 Å². The Balaban J connectivity index is 0.00000385. The van der Waals surface area contributed by atoms with Crippen LogP contribution >= 0.6 is 24.0 Å². The Morgan fingerprint density at radius 1 is 1.03 bits per heavy atom. The topological polar surface area (TPSA) is 61.8 Å². The van der Waals surface area contributed by atoms with Crippen molar-refractivity contribution in [2.75, 3.05) is 74.7 Å². The Bertz CT molecular complexity index is 725. The molecule has 0 unspecified atom stereocenters. The lowest BCUT2D eigenvalue weighted by molar-refractivity contribution is 0.171. The lowest BCUT2D eigenvalue weighted by atomic mass is 10.1. The summed E-state index contributed by atoms with van der Waals surface area (Å²) in [4.78, 5) is 11.8. The van der Waals surface area contributed by atoms with Gasteiger partial charge in [-0.2, -0.15) is 0 Å². The Labute approximate surface area is 216 Å². The van der Waals surface area contributed by atoms with Crippen molar-refractivity contribution in [1.29, 1.82) is 0 Å². The van der Waals surface area contributed by atoms with E-state index in [0.717, 1.165) is 63.4 Å². The van der Waals surface area contributed by atoms with Gasteiger partial charge in [-0.05, 0) is 37.6 Å². The summed E-state index contributed by atoms with van der Waals surface area (Å²) in [6.07, 6.45) is 5.45. The van der Waals surface area contributed by atoms with E-state index in [0.29, 0.717) is 17.2 Å². The molecule has 1 saturated carbocycles. The van der Waals surface area contributed by atoms with E-state index in [4.69, 9.17) is 14.2 Å². The van der Waals surface area contributed by atoms with Crippen molar-refractivity contribution >= 4 is 29.9 Å². The standard InChI is InChI=1S/C24H41N5O3.HI/c1-25-24(26-10-11-27(2)20-8-6-7-9-20)29-14-12-28(13-15-29)18-19-16-21(30-3)23(32-5)22(17-19)31-4;/h16-17,20H,6-15,18H2,1-5H3,(H,25,26);1H. The van der Waals surface area contributed by atoms with Crippen LogP contribution in [-0.4, -0.2) is 101 Å². The van der Waals surface area contributed by atoms with Gasteiger partial charge in [0.1, 0.15) is 0 Å². The fraction of sp³-hybridized carbons (Fsp3) is 0.708. The lowest BCUT2D eigenvalue weighted by Crippen LogP contribution is -2.53. The van der Waals surface area contributed by atoms with Crippen LogP contribution in [0.4, 0.5) is 0 Å². The zero-order chi connectivity index (χ0) is 22.9. The highest BCUT2D eigenvalue weighted by atomic mass is 127. The van der Waals surface area contributed by atoms with E-state index in [-0.39, 0.29) is 24.0 Å². The van der Waals surface area contributed by atoms with Crippen molar-refractivity contribution in [2.24, 2.45) is 4.99 Å². The van der Waals surface area contributed by atoms with Gasteiger partial charge in [0.2, 0.25) is 5.75 Å². The van der Waals surface area contributed by atoms with Crippen LogP contribution in [-0.2, 0) is 6.54 Å². The van der Waals surface area contributed by atoms with Crippen LogP contribution in [0.2, 0.25) is 0 Å². The molecule has 1 aromatic rings. The first kappa shape index (κ1) is 27.8. The number of hydrogen-bond donors (Lipinski definition) is 1. The zero-order valence-electron chi connectivity index (χ0n) is 20.9. The number of piperazine rings is 1. The zero-order valence-corrected chi connectivity index (χ0v) is 23.3. The van der Waals surface area contributed by atoms with Crippen molar-refractivity contribution in [3.05, 3.63) is 17.7 Å². The molecule has 1 aliphatic carbocycles. The number of likely N-dealkylation sites (N-methyl/N-ethyl adjacent to an activating group) is 1. The smallest absolute Gasteiger partial charge is 0.203 e. The van der Waals surface area contributed by atoms with E-state index < -0.39 is 0 Å². The number of ether oxygens (including phenoxy) is 3. The number of benzene rings is 1. The minimum absolute atomic E-state index is 0. The fourth-order valence-electron chi connectivity index (χ4n) is 4.81. The van der Waals surface area contributed by atoms with E-state index in [2.05, 4.69) is 32.1 Å². The molecule has 0 aromatic heterocycles. The Hall–Kier alpha value is -1.46. The number of halogens is 1. The molecule has 2 fully saturated rings. The van der Waals surface area contributed by atoms with E-state index in [9.17, 15) is 0 Å². The molecular formula is C24H42IN5O3. The predicted octanol–water partition coefficient (Wildman–Crippen LogP) is 2.90. The van der Waals surface area contributed by atoms with Gasteiger partial charge in [-0.1, -0.05) is 12.8 Å². The molecule has 1 heterocycles. The van der Waals surface area contributed by atoms with Gasteiger partial charge in [-0.3, -0.25) is 9.89 Å². The number of guanidine groups is 1. The van der Waals surface area contributed by atoms with Crippen LogP contribution in [0.5, 0.6) is 17.2 Å². The third-order valence-electron chi connectivity index (χ3n) is 6.71. The molecule has 0 atom stereocenters. The van der Waals surface area contributed by atoms with Gasteiger partial charge < -0.3 is 29.3 Å². The second-order valence-corrected chi connectivity index (χ2v) is 8.69. The van der Waals surface area contributed by atoms with Gasteiger partial charge in [0.25, 0.3) is 0 Å². The summed E-state index contributed by atoms with van der Waals surface area (Å²) in [5, 5.41) is 3.57. The summed E-state index contributed by atoms with van der Waals surface area (Å²) >= 11 is 0. The highest BCUT2D eigenvalue weighted by Gasteiger charge is 2.22. The average Bonchev–Trinajstić information content (AvgIpc) is 3.37. The molecule has 1 aromatic carbocycles. The predicted molar refractivity (Wildman–Crippen MR) is 145 cm³/mol. The maximum absolute atomic E-state index is 5.50. The maximum atomic E-state index is 5.50. The van der Waals surface area contributed by atoms with Crippen LogP contribution in [0.25, 0.3) is 0 Å². The number of rotatable bonds is 9. The third kappa shape index (κ3) is 7.51. The van der Waals surface area contributed by atoms with Gasteiger partial charge in [0.15, 0.2) is 17.5 Å². The highest BCUT2D eigenvalue weighted by Crippen LogP contribution is 2.38. The van der Waals surface area contributed by atoms with Crippen LogP contribution < -0.4 is 19.5 Å². The SMILES string of the molecule is CN=C(NCCN(C)C1CCCC1)N1CCN(Cc2cc(OC)c(OC)c(OC)c2)CC1.I. The Kier molecular flexibility index (Phi) is 11.8. The summed E-state index contributed by atoms with van der Waals surface area (Å²) in [5.41, 5.74) is 1.16. The molecule has 188 valence electrons. The number of methoxy groups -OCH3 is 3. The first-order chi connectivity index (χ1) is 15.6. The maximum Gasteiger partial charge on any atom is 0.203 e. The Morgan fingerprint density at radius 2 is 1.64 bits per heavy atom. The number of aliphatic imine (C=N–C) groups is 1. The Morgan fingerprint density at radius 3 is 2.15 bits per heavy atom. The monoisotopic (exact) mass is 575 g/mol.